The molecule has 0 saturated carbocycles. The van der Waals surface area contributed by atoms with E-state index >= 15 is 0 Å². The zero-order chi connectivity index (χ0) is 23.6. The van der Waals surface area contributed by atoms with Crippen LogP contribution in [0.15, 0.2) is 53.6 Å². The van der Waals surface area contributed by atoms with Gasteiger partial charge in [0.2, 0.25) is 0 Å². The number of hydrogen-bond acceptors (Lipinski definition) is 5. The topological polar surface area (TPSA) is 108 Å². The Bertz CT molecular complexity index is 1090. The molecule has 172 valence electrons. The normalized spacial score (nSPS) is 19.7. The van der Waals surface area contributed by atoms with Gasteiger partial charge in [0.25, 0.3) is 0 Å². The van der Waals surface area contributed by atoms with Crippen molar-refractivity contribution in [2.45, 2.75) is 45.9 Å². The first-order valence-corrected chi connectivity index (χ1v) is 10.9. The molecule has 33 heavy (non-hydrogen) atoms. The molecular weight excluding hydrogens is 422 g/mol. The van der Waals surface area contributed by atoms with Crippen molar-refractivity contribution in [1.29, 1.82) is 0 Å². The van der Waals surface area contributed by atoms with E-state index in [1.165, 1.54) is 4.90 Å². The number of anilines is 2. The summed E-state index contributed by atoms with van der Waals surface area (Å²) in [4.78, 5) is 31.5. The van der Waals surface area contributed by atoms with Crippen molar-refractivity contribution in [1.82, 2.24) is 0 Å². The van der Waals surface area contributed by atoms with Gasteiger partial charge in [0, 0.05) is 16.6 Å². The lowest BCUT2D eigenvalue weighted by Crippen LogP contribution is -2.45. The molecule has 9 heteroatoms. The molecule has 9 nitrogen and oxygen atoms in total. The summed E-state index contributed by atoms with van der Waals surface area (Å²) in [5.74, 6) is 0. The second-order valence-corrected chi connectivity index (χ2v) is 9.34. The van der Waals surface area contributed by atoms with Gasteiger partial charge in [0.15, 0.2) is 0 Å². The summed E-state index contributed by atoms with van der Waals surface area (Å²) in [7, 11) is 0. The smallest absolute Gasteiger partial charge is 0.414 e. The molecule has 0 aliphatic carbocycles. The Morgan fingerprint density at radius 2 is 2.00 bits per heavy atom. The van der Waals surface area contributed by atoms with E-state index in [-0.39, 0.29) is 30.7 Å². The largest absolute Gasteiger partial charge is 0.444 e. The van der Waals surface area contributed by atoms with Gasteiger partial charge in [-0.15, -0.1) is 0 Å². The lowest BCUT2D eigenvalue weighted by atomic mass is 9.84. The summed E-state index contributed by atoms with van der Waals surface area (Å²) >= 11 is 0. The van der Waals surface area contributed by atoms with Crippen LogP contribution in [0, 0.1) is 5.41 Å². The molecule has 2 aliphatic rings. The zero-order valence-corrected chi connectivity index (χ0v) is 19.0. The van der Waals surface area contributed by atoms with Gasteiger partial charge < -0.3 is 9.47 Å². The maximum atomic E-state index is 13.2. The van der Waals surface area contributed by atoms with Crippen molar-refractivity contribution in [3.05, 3.63) is 70.1 Å². The van der Waals surface area contributed by atoms with Crippen molar-refractivity contribution in [2.24, 2.45) is 10.5 Å². The van der Waals surface area contributed by atoms with E-state index in [0.717, 1.165) is 16.8 Å². The highest BCUT2D eigenvalue weighted by Crippen LogP contribution is 2.42. The molecule has 0 spiro atoms. The van der Waals surface area contributed by atoms with Crippen LogP contribution in [0.3, 0.4) is 0 Å². The Morgan fingerprint density at radius 3 is 2.70 bits per heavy atom. The Morgan fingerprint density at radius 1 is 1.24 bits per heavy atom. The van der Waals surface area contributed by atoms with Crippen LogP contribution in [-0.4, -0.2) is 37.4 Å². The number of fused-ring (bicyclic) bond motifs is 1. The maximum Gasteiger partial charge on any atom is 0.414 e. The van der Waals surface area contributed by atoms with E-state index in [2.05, 4.69) is 30.8 Å². The number of cyclic esters (lactones) is 1. The van der Waals surface area contributed by atoms with Crippen molar-refractivity contribution in [2.75, 3.05) is 22.9 Å². The molecular formula is C24H27N5O4. The number of carbonyl (C=O) groups excluding carboxylic acids is 2. The average molecular weight is 450 g/mol. The SMILES string of the molecule is CC(C)(C)C1Cc2cc(N3C[C@H](CN=[N+]=[N-])OC3=O)ccc2N1C(=O)OCc1ccccc1. The molecule has 2 aromatic carbocycles. The highest BCUT2D eigenvalue weighted by Gasteiger charge is 2.42. The Labute approximate surface area is 192 Å². The molecule has 0 aromatic heterocycles. The number of azide groups is 1. The predicted octanol–water partition coefficient (Wildman–Crippen LogP) is 5.44. The molecule has 2 aromatic rings. The third-order valence-corrected chi connectivity index (χ3v) is 5.98. The maximum absolute atomic E-state index is 13.2. The second-order valence-electron chi connectivity index (χ2n) is 9.34. The van der Waals surface area contributed by atoms with Gasteiger partial charge in [-0.2, -0.15) is 0 Å². The number of hydrogen-bond donors (Lipinski definition) is 0. The molecule has 4 rings (SSSR count). The first-order chi connectivity index (χ1) is 15.8. The molecule has 2 heterocycles. The fourth-order valence-corrected chi connectivity index (χ4v) is 4.27. The number of carbonyl (C=O) groups is 2. The molecule has 2 atom stereocenters. The van der Waals surface area contributed by atoms with Gasteiger partial charge in [0.05, 0.1) is 18.8 Å². The highest BCUT2D eigenvalue weighted by molar-refractivity contribution is 5.94. The minimum absolute atomic E-state index is 0.0886. The van der Waals surface area contributed by atoms with Crippen LogP contribution < -0.4 is 9.80 Å². The summed E-state index contributed by atoms with van der Waals surface area (Å²) in [6.07, 6.45) is -0.690. The Kier molecular flexibility index (Phi) is 6.16. The van der Waals surface area contributed by atoms with Gasteiger partial charge >= 0.3 is 12.2 Å². The van der Waals surface area contributed by atoms with Crippen LogP contribution in [0.5, 0.6) is 0 Å². The summed E-state index contributed by atoms with van der Waals surface area (Å²) in [6, 6.07) is 15.1. The fraction of sp³-hybridized carbons (Fsp3) is 0.417. The number of benzene rings is 2. The number of rotatable bonds is 5. The van der Waals surface area contributed by atoms with Crippen LogP contribution in [0.25, 0.3) is 10.4 Å². The van der Waals surface area contributed by atoms with Crippen LogP contribution in [0.1, 0.15) is 31.9 Å². The minimum atomic E-state index is -0.478. The Hall–Kier alpha value is -3.71. The minimum Gasteiger partial charge on any atom is -0.444 e. The van der Waals surface area contributed by atoms with E-state index in [1.54, 1.807) is 11.0 Å². The number of nitrogens with zero attached hydrogens (tertiary/aromatic N) is 5. The Balaban J connectivity index is 1.56. The summed E-state index contributed by atoms with van der Waals surface area (Å²) in [5, 5.41) is 3.50. The van der Waals surface area contributed by atoms with Crippen molar-refractivity contribution >= 4 is 23.6 Å². The highest BCUT2D eigenvalue weighted by atomic mass is 16.6. The molecule has 2 aliphatic heterocycles. The monoisotopic (exact) mass is 449 g/mol. The van der Waals surface area contributed by atoms with Crippen LogP contribution in [-0.2, 0) is 22.5 Å². The molecule has 1 fully saturated rings. The third-order valence-electron chi connectivity index (χ3n) is 5.98. The van der Waals surface area contributed by atoms with E-state index in [9.17, 15) is 9.59 Å². The van der Waals surface area contributed by atoms with E-state index in [1.807, 2.05) is 42.5 Å². The molecule has 0 N–H and O–H groups in total. The fourth-order valence-electron chi connectivity index (χ4n) is 4.27. The summed E-state index contributed by atoms with van der Waals surface area (Å²) in [5.41, 5.74) is 11.7. The van der Waals surface area contributed by atoms with Crippen LogP contribution >= 0.6 is 0 Å². The van der Waals surface area contributed by atoms with Crippen molar-refractivity contribution in [3.63, 3.8) is 0 Å². The number of amides is 2. The van der Waals surface area contributed by atoms with E-state index in [4.69, 9.17) is 15.0 Å². The van der Waals surface area contributed by atoms with E-state index < -0.39 is 12.2 Å². The molecule has 1 saturated heterocycles. The van der Waals surface area contributed by atoms with Gasteiger partial charge in [-0.1, -0.05) is 56.2 Å². The van der Waals surface area contributed by atoms with Crippen molar-refractivity contribution < 1.29 is 19.1 Å². The molecule has 0 radical (unpaired) electrons. The zero-order valence-electron chi connectivity index (χ0n) is 19.0. The lowest BCUT2D eigenvalue weighted by molar-refractivity contribution is 0.139. The predicted molar refractivity (Wildman–Crippen MR) is 124 cm³/mol. The number of ether oxygens (including phenoxy) is 2. The molecule has 2 amide bonds. The van der Waals surface area contributed by atoms with Crippen LogP contribution in [0.4, 0.5) is 21.0 Å². The van der Waals surface area contributed by atoms with Crippen LogP contribution in [0.2, 0.25) is 0 Å². The van der Waals surface area contributed by atoms with Gasteiger partial charge in [-0.25, -0.2) is 9.59 Å². The standard InChI is InChI=1S/C24H27N5O4/c1-24(2,3)21-12-17-11-18(28-14-19(13-26-27-25)33-22(28)30)9-10-20(17)29(21)23(31)32-15-16-7-5-4-6-8-16/h4-11,19,21H,12-15H2,1-3H3/t19-,21?/m0/s1. The first-order valence-electron chi connectivity index (χ1n) is 10.9. The lowest BCUT2D eigenvalue weighted by Gasteiger charge is -2.34. The molecule has 0 bridgehead atoms. The first kappa shape index (κ1) is 22.5. The van der Waals surface area contributed by atoms with Gasteiger partial charge in [0.1, 0.15) is 12.7 Å². The average Bonchev–Trinajstić information content (AvgIpc) is 3.36. The van der Waals surface area contributed by atoms with Gasteiger partial charge in [-0.05, 0) is 46.7 Å². The van der Waals surface area contributed by atoms with E-state index in [0.29, 0.717) is 18.7 Å². The van der Waals surface area contributed by atoms with Crippen molar-refractivity contribution in [3.8, 4) is 0 Å². The quantitative estimate of drug-likeness (QED) is 0.344. The second kappa shape index (κ2) is 9.03. The molecule has 1 unspecified atom stereocenters. The summed E-state index contributed by atoms with van der Waals surface area (Å²) < 4.78 is 11.0. The third kappa shape index (κ3) is 4.73. The summed E-state index contributed by atoms with van der Waals surface area (Å²) in [6.45, 7) is 6.89. The van der Waals surface area contributed by atoms with Gasteiger partial charge in [-0.3, -0.25) is 9.80 Å².